The molecule has 0 unspecified atom stereocenters. The maximum atomic E-state index is 12.3. The van der Waals surface area contributed by atoms with E-state index in [1.54, 1.807) is 0 Å². The van der Waals surface area contributed by atoms with E-state index in [0.717, 1.165) is 51.4 Å². The lowest BCUT2D eigenvalue weighted by Crippen LogP contribution is -2.64. The summed E-state index contributed by atoms with van der Waals surface area (Å²) in [6.07, 6.45) is 0.0108. The minimum atomic E-state index is -1.75. The van der Waals surface area contributed by atoms with Crippen LogP contribution in [0.1, 0.15) is 117 Å². The Balaban J connectivity index is 1.82. The van der Waals surface area contributed by atoms with Crippen molar-refractivity contribution in [1.29, 1.82) is 0 Å². The Morgan fingerprint density at radius 3 is 1.20 bits per heavy atom. The van der Waals surface area contributed by atoms with Crippen molar-refractivity contribution in [3.05, 3.63) is 0 Å². The third-order valence-electron chi connectivity index (χ3n) is 8.62. The zero-order chi connectivity index (χ0) is 33.2. The van der Waals surface area contributed by atoms with Crippen LogP contribution in [0.3, 0.4) is 0 Å². The van der Waals surface area contributed by atoms with Crippen LogP contribution in [0.15, 0.2) is 0 Å². The first-order valence-corrected chi connectivity index (χ1v) is 17.2. The molecule has 0 aromatic heterocycles. The summed E-state index contributed by atoms with van der Waals surface area (Å²) in [5.41, 5.74) is 0. The number of hydrogen-bond donors (Lipinski definition) is 8. The molecular weight excluding hydrogens is 588 g/mol. The number of carbonyl (C=O) groups is 2. The van der Waals surface area contributed by atoms with E-state index in [9.17, 15) is 40.2 Å². The summed E-state index contributed by atoms with van der Waals surface area (Å²) in [5.74, 6) is -0.477. The number of carbonyl (C=O) groups excluding carboxylic acids is 2. The molecule has 0 radical (unpaired) electrons. The molecule has 264 valence electrons. The third kappa shape index (κ3) is 14.1. The number of aliphatic hydroxyl groups is 6. The topological polar surface area (TPSA) is 207 Å². The highest BCUT2D eigenvalue weighted by Gasteiger charge is 2.49. The van der Waals surface area contributed by atoms with E-state index in [0.29, 0.717) is 12.8 Å². The predicted molar refractivity (Wildman–Crippen MR) is 166 cm³/mol. The van der Waals surface area contributed by atoms with E-state index in [1.807, 2.05) is 0 Å². The van der Waals surface area contributed by atoms with Crippen molar-refractivity contribution in [2.24, 2.45) is 0 Å². The van der Waals surface area contributed by atoms with Gasteiger partial charge in [0.15, 0.2) is 12.6 Å². The second-order valence-electron chi connectivity index (χ2n) is 12.5. The van der Waals surface area contributed by atoms with Gasteiger partial charge in [-0.1, -0.05) is 90.9 Å². The Bertz CT molecular complexity index is 758. The van der Waals surface area contributed by atoms with Gasteiger partial charge in [-0.05, 0) is 12.8 Å². The van der Waals surface area contributed by atoms with Crippen LogP contribution in [0.2, 0.25) is 0 Å². The molecule has 45 heavy (non-hydrogen) atoms. The summed E-state index contributed by atoms with van der Waals surface area (Å²) in [6, 6.07) is 0. The van der Waals surface area contributed by atoms with Crippen LogP contribution in [0, 0.1) is 0 Å². The summed E-state index contributed by atoms with van der Waals surface area (Å²) in [5, 5.41) is 68.1. The van der Waals surface area contributed by atoms with Gasteiger partial charge in [-0.2, -0.15) is 0 Å². The Morgan fingerprint density at radius 2 is 0.844 bits per heavy atom. The average Bonchev–Trinajstić information content (AvgIpc) is 3.03. The zero-order valence-electron chi connectivity index (χ0n) is 27.2. The summed E-state index contributed by atoms with van der Waals surface area (Å²) >= 11 is 0. The van der Waals surface area contributed by atoms with E-state index >= 15 is 0 Å². The maximum Gasteiger partial charge on any atom is 0.220 e. The molecule has 13 nitrogen and oxygen atoms in total. The van der Waals surface area contributed by atoms with Crippen molar-refractivity contribution in [2.45, 2.75) is 178 Å². The monoisotopic (exact) mass is 648 g/mol. The van der Waals surface area contributed by atoms with E-state index in [-0.39, 0.29) is 24.9 Å². The highest BCUT2D eigenvalue weighted by molar-refractivity contribution is 5.76. The van der Waals surface area contributed by atoms with Crippen LogP contribution in [0.5, 0.6) is 0 Å². The van der Waals surface area contributed by atoms with Crippen LogP contribution in [0.4, 0.5) is 0 Å². The number of rotatable bonds is 22. The second kappa shape index (κ2) is 22.2. The number of amides is 2. The average molecular weight is 649 g/mol. The van der Waals surface area contributed by atoms with Crippen LogP contribution in [-0.2, 0) is 23.8 Å². The normalized spacial score (nSPS) is 31.9. The Kier molecular flexibility index (Phi) is 19.6. The molecule has 2 saturated heterocycles. The lowest BCUT2D eigenvalue weighted by atomic mass is 9.97. The van der Waals surface area contributed by atoms with Crippen molar-refractivity contribution in [3.8, 4) is 0 Å². The molecule has 0 bridgehead atoms. The quantitative estimate of drug-likeness (QED) is 0.0781. The van der Waals surface area contributed by atoms with Gasteiger partial charge < -0.3 is 55.5 Å². The first-order chi connectivity index (χ1) is 21.6. The smallest absolute Gasteiger partial charge is 0.220 e. The molecule has 0 aliphatic carbocycles. The molecule has 2 aliphatic heterocycles. The van der Waals surface area contributed by atoms with Crippen molar-refractivity contribution < 1.29 is 54.4 Å². The molecule has 0 aromatic carbocycles. The van der Waals surface area contributed by atoms with E-state index in [2.05, 4.69) is 24.5 Å². The standard InChI is InChI=1S/C32H60N2O11/c1-3-5-7-9-11-13-15-17-23(35)33-19-21-25(37)27(39)29(41)31(43-21)45-32-30(42)28(40)26(38)22(44-32)20-34-24(36)18-16-14-12-10-8-6-4-2/h21-22,25-32,37-42H,3-20H2,1-2H3,(H,33,35)(H,34,36)/t21-,22-,25-,26-,27+,28+,29-,30-,31-,32-/m1/s1. The van der Waals surface area contributed by atoms with Gasteiger partial charge in [0.2, 0.25) is 11.8 Å². The highest BCUT2D eigenvalue weighted by atomic mass is 16.8. The molecule has 2 aliphatic rings. The minimum Gasteiger partial charge on any atom is -0.388 e. The fourth-order valence-corrected chi connectivity index (χ4v) is 5.62. The van der Waals surface area contributed by atoms with E-state index in [4.69, 9.17) is 14.2 Å². The zero-order valence-corrected chi connectivity index (χ0v) is 27.2. The number of aliphatic hydroxyl groups excluding tert-OH is 6. The highest BCUT2D eigenvalue weighted by Crippen LogP contribution is 2.28. The van der Waals surface area contributed by atoms with Gasteiger partial charge in [-0.15, -0.1) is 0 Å². The Labute approximate surface area is 268 Å². The van der Waals surface area contributed by atoms with Crippen LogP contribution < -0.4 is 10.6 Å². The molecule has 2 fully saturated rings. The molecule has 0 saturated carbocycles. The fourth-order valence-electron chi connectivity index (χ4n) is 5.62. The maximum absolute atomic E-state index is 12.3. The summed E-state index contributed by atoms with van der Waals surface area (Å²) in [4.78, 5) is 24.6. The van der Waals surface area contributed by atoms with Gasteiger partial charge in [0.1, 0.15) is 48.8 Å². The lowest BCUT2D eigenvalue weighted by molar-refractivity contribution is -0.372. The Morgan fingerprint density at radius 1 is 0.511 bits per heavy atom. The summed E-state index contributed by atoms with van der Waals surface area (Å²) < 4.78 is 16.9. The molecule has 0 spiro atoms. The lowest BCUT2D eigenvalue weighted by Gasteiger charge is -2.45. The number of hydrogen-bond acceptors (Lipinski definition) is 11. The van der Waals surface area contributed by atoms with Gasteiger partial charge in [0.05, 0.1) is 0 Å². The van der Waals surface area contributed by atoms with Crippen LogP contribution >= 0.6 is 0 Å². The Hall–Kier alpha value is -1.42. The molecule has 2 heterocycles. The minimum absolute atomic E-state index is 0.164. The summed E-state index contributed by atoms with van der Waals surface area (Å²) in [7, 11) is 0. The molecular formula is C32H60N2O11. The molecule has 2 amide bonds. The number of unbranched alkanes of at least 4 members (excludes halogenated alkanes) is 12. The molecule has 8 N–H and O–H groups in total. The second-order valence-corrected chi connectivity index (χ2v) is 12.5. The van der Waals surface area contributed by atoms with Gasteiger partial charge in [0, 0.05) is 25.9 Å². The fraction of sp³-hybridized carbons (Fsp3) is 0.938. The van der Waals surface area contributed by atoms with Gasteiger partial charge in [0.25, 0.3) is 0 Å². The molecule has 2 rings (SSSR count). The predicted octanol–water partition coefficient (Wildman–Crippen LogP) is 1.13. The molecule has 0 aromatic rings. The third-order valence-corrected chi connectivity index (χ3v) is 8.62. The number of nitrogens with one attached hydrogen (secondary N) is 2. The first kappa shape index (κ1) is 39.8. The van der Waals surface area contributed by atoms with Gasteiger partial charge >= 0.3 is 0 Å². The molecule has 13 heteroatoms. The van der Waals surface area contributed by atoms with Gasteiger partial charge in [-0.25, -0.2) is 0 Å². The van der Waals surface area contributed by atoms with Crippen molar-refractivity contribution >= 4 is 11.8 Å². The van der Waals surface area contributed by atoms with Crippen molar-refractivity contribution in [1.82, 2.24) is 10.6 Å². The van der Waals surface area contributed by atoms with Crippen molar-refractivity contribution in [2.75, 3.05) is 13.1 Å². The largest absolute Gasteiger partial charge is 0.388 e. The van der Waals surface area contributed by atoms with E-state index < -0.39 is 61.4 Å². The van der Waals surface area contributed by atoms with E-state index in [1.165, 1.54) is 38.5 Å². The summed E-state index contributed by atoms with van der Waals surface area (Å²) in [6.45, 7) is 3.99. The first-order valence-electron chi connectivity index (χ1n) is 17.2. The molecule has 10 atom stereocenters. The van der Waals surface area contributed by atoms with Crippen LogP contribution in [0.25, 0.3) is 0 Å². The van der Waals surface area contributed by atoms with Crippen LogP contribution in [-0.4, -0.2) is 117 Å². The van der Waals surface area contributed by atoms with Gasteiger partial charge in [-0.3, -0.25) is 9.59 Å². The number of ether oxygens (including phenoxy) is 3. The van der Waals surface area contributed by atoms with Crippen molar-refractivity contribution in [3.63, 3.8) is 0 Å². The SMILES string of the molecule is CCCCCCCCCC(=O)NC[C@H]1O[C@H](O[C@H]2O[C@H](CNC(=O)CCCCCCCCC)[C@@H](O)[C@H](O)[C@H]2O)[C@H](O)[C@@H](O)[C@@H]1O.